The van der Waals surface area contributed by atoms with Crippen molar-refractivity contribution in [2.75, 3.05) is 7.05 Å². The summed E-state index contributed by atoms with van der Waals surface area (Å²) in [5.41, 5.74) is 1.17. The summed E-state index contributed by atoms with van der Waals surface area (Å²) in [6, 6.07) is 12.2. The van der Waals surface area contributed by atoms with Gasteiger partial charge in [-0.25, -0.2) is 4.39 Å². The molecule has 134 valence electrons. The fourth-order valence-corrected chi connectivity index (χ4v) is 2.47. The van der Waals surface area contributed by atoms with Gasteiger partial charge in [-0.05, 0) is 32.2 Å². The Morgan fingerprint density at radius 2 is 1.88 bits per heavy atom. The highest BCUT2D eigenvalue weighted by Crippen LogP contribution is 2.25. The minimum Gasteiger partial charge on any atom is -0.419 e. The first-order valence-electron chi connectivity index (χ1n) is 7.97. The van der Waals surface area contributed by atoms with Crippen LogP contribution in [0.15, 0.2) is 52.9 Å². The van der Waals surface area contributed by atoms with Crippen LogP contribution in [0.1, 0.15) is 24.4 Å². The van der Waals surface area contributed by atoms with Crippen molar-refractivity contribution in [3.05, 3.63) is 75.9 Å². The molecule has 0 saturated heterocycles. The van der Waals surface area contributed by atoms with Gasteiger partial charge in [-0.15, -0.1) is 10.2 Å². The van der Waals surface area contributed by atoms with Crippen molar-refractivity contribution in [2.24, 2.45) is 0 Å². The fourth-order valence-electron chi connectivity index (χ4n) is 2.47. The zero-order valence-electron chi connectivity index (χ0n) is 14.3. The molecule has 2 aromatic carbocycles. The highest BCUT2D eigenvalue weighted by atomic mass is 19.1. The van der Waals surface area contributed by atoms with Gasteiger partial charge in [0, 0.05) is 29.8 Å². The molecule has 8 heteroatoms. The third kappa shape index (κ3) is 3.75. The minimum atomic E-state index is -0.469. The maximum absolute atomic E-state index is 13.8. The van der Waals surface area contributed by atoms with Gasteiger partial charge in [-0.2, -0.15) is 0 Å². The second kappa shape index (κ2) is 7.40. The fraction of sp³-hybridized carbons (Fsp3) is 0.222. The van der Waals surface area contributed by atoms with Gasteiger partial charge < -0.3 is 4.42 Å². The molecule has 0 saturated carbocycles. The van der Waals surface area contributed by atoms with Gasteiger partial charge in [0.15, 0.2) is 0 Å². The number of nitrogens with zero attached hydrogens (tertiary/aromatic N) is 4. The molecule has 0 radical (unpaired) electrons. The Morgan fingerprint density at radius 3 is 2.54 bits per heavy atom. The summed E-state index contributed by atoms with van der Waals surface area (Å²) >= 11 is 0. The van der Waals surface area contributed by atoms with Crippen LogP contribution in [0, 0.1) is 15.9 Å². The molecule has 0 aliphatic rings. The van der Waals surface area contributed by atoms with Gasteiger partial charge in [0.25, 0.3) is 5.69 Å². The molecule has 26 heavy (non-hydrogen) atoms. The molecular weight excluding hydrogens is 339 g/mol. The second-order valence-corrected chi connectivity index (χ2v) is 5.93. The van der Waals surface area contributed by atoms with E-state index in [1.54, 1.807) is 30.3 Å². The molecule has 1 aromatic heterocycles. The Hall–Kier alpha value is -3.13. The summed E-state index contributed by atoms with van der Waals surface area (Å²) in [6.07, 6.45) is 0. The van der Waals surface area contributed by atoms with Crippen molar-refractivity contribution in [2.45, 2.75) is 19.5 Å². The standard InChI is InChI=1S/C18H17FN4O3/c1-12(22(2)11-14-5-3-4-6-16(14)19)17-20-21-18(26-17)13-7-9-15(10-8-13)23(24)25/h3-10,12H,11H2,1-2H3/t12-/m0/s1. The van der Waals surface area contributed by atoms with E-state index in [4.69, 9.17) is 4.42 Å². The topological polar surface area (TPSA) is 85.3 Å². The number of aromatic nitrogens is 2. The number of benzene rings is 2. The summed E-state index contributed by atoms with van der Waals surface area (Å²) in [6.45, 7) is 2.27. The summed E-state index contributed by atoms with van der Waals surface area (Å²) in [7, 11) is 1.84. The van der Waals surface area contributed by atoms with Gasteiger partial charge in [-0.1, -0.05) is 18.2 Å². The van der Waals surface area contributed by atoms with Crippen LogP contribution in [-0.2, 0) is 6.54 Å². The summed E-state index contributed by atoms with van der Waals surface area (Å²) in [5.74, 6) is 0.405. The summed E-state index contributed by atoms with van der Waals surface area (Å²) in [4.78, 5) is 12.1. The van der Waals surface area contributed by atoms with Crippen molar-refractivity contribution >= 4 is 5.69 Å². The molecule has 0 spiro atoms. The number of nitro benzene ring substituents is 1. The largest absolute Gasteiger partial charge is 0.419 e. The molecule has 3 aromatic rings. The third-order valence-corrected chi connectivity index (χ3v) is 4.16. The first kappa shape index (κ1) is 17.7. The van der Waals surface area contributed by atoms with E-state index in [2.05, 4.69) is 10.2 Å². The second-order valence-electron chi connectivity index (χ2n) is 5.93. The van der Waals surface area contributed by atoms with Crippen LogP contribution in [0.4, 0.5) is 10.1 Å². The number of rotatable bonds is 6. The molecule has 0 aliphatic heterocycles. The number of nitro groups is 1. The number of non-ortho nitro benzene ring substituents is 1. The Bertz CT molecular complexity index is 911. The van der Waals surface area contributed by atoms with Crippen LogP contribution in [-0.4, -0.2) is 27.1 Å². The smallest absolute Gasteiger partial charge is 0.269 e. The summed E-state index contributed by atoms with van der Waals surface area (Å²) in [5, 5.41) is 18.8. The van der Waals surface area contributed by atoms with E-state index in [9.17, 15) is 14.5 Å². The Morgan fingerprint density at radius 1 is 1.19 bits per heavy atom. The maximum Gasteiger partial charge on any atom is 0.269 e. The van der Waals surface area contributed by atoms with Crippen LogP contribution in [0.5, 0.6) is 0 Å². The molecule has 1 heterocycles. The molecule has 0 aliphatic carbocycles. The van der Waals surface area contributed by atoms with Crippen molar-refractivity contribution in [3.63, 3.8) is 0 Å². The number of hydrogen-bond acceptors (Lipinski definition) is 6. The molecule has 0 bridgehead atoms. The van der Waals surface area contributed by atoms with Crippen LogP contribution >= 0.6 is 0 Å². The normalized spacial score (nSPS) is 12.3. The lowest BCUT2D eigenvalue weighted by Gasteiger charge is -2.21. The molecule has 0 N–H and O–H groups in total. The Balaban J connectivity index is 1.74. The van der Waals surface area contributed by atoms with Crippen molar-refractivity contribution in [1.82, 2.24) is 15.1 Å². The lowest BCUT2D eigenvalue weighted by atomic mass is 10.2. The molecule has 0 unspecified atom stereocenters. The van der Waals surface area contributed by atoms with Crippen LogP contribution in [0.2, 0.25) is 0 Å². The molecule has 0 amide bonds. The van der Waals surface area contributed by atoms with Gasteiger partial charge in [0.2, 0.25) is 11.8 Å². The molecule has 3 rings (SSSR count). The van der Waals surface area contributed by atoms with Gasteiger partial charge in [0.1, 0.15) is 5.82 Å². The average molecular weight is 356 g/mol. The first-order valence-corrected chi connectivity index (χ1v) is 7.97. The maximum atomic E-state index is 13.8. The molecule has 0 fully saturated rings. The van der Waals surface area contributed by atoms with E-state index in [1.165, 1.54) is 18.2 Å². The predicted molar refractivity (Wildman–Crippen MR) is 92.7 cm³/mol. The van der Waals surface area contributed by atoms with Gasteiger partial charge >= 0.3 is 0 Å². The van der Waals surface area contributed by atoms with E-state index in [0.29, 0.717) is 23.6 Å². The lowest BCUT2D eigenvalue weighted by molar-refractivity contribution is -0.384. The average Bonchev–Trinajstić information content (AvgIpc) is 3.13. The van der Waals surface area contributed by atoms with Crippen LogP contribution < -0.4 is 0 Å². The monoisotopic (exact) mass is 356 g/mol. The van der Waals surface area contributed by atoms with E-state index in [-0.39, 0.29) is 23.4 Å². The van der Waals surface area contributed by atoms with E-state index >= 15 is 0 Å². The molecular formula is C18H17FN4O3. The Labute approximate surface area is 149 Å². The molecule has 1 atom stereocenters. The first-order chi connectivity index (χ1) is 12.5. The Kier molecular flexibility index (Phi) is 5.04. The SMILES string of the molecule is C[C@@H](c1nnc(-c2ccc([N+](=O)[O-])cc2)o1)N(C)Cc1ccccc1F. The lowest BCUT2D eigenvalue weighted by Crippen LogP contribution is -2.22. The number of halogens is 1. The highest BCUT2D eigenvalue weighted by molar-refractivity contribution is 5.55. The summed E-state index contributed by atoms with van der Waals surface area (Å²) < 4.78 is 19.5. The van der Waals surface area contributed by atoms with Crippen molar-refractivity contribution < 1.29 is 13.7 Å². The zero-order valence-corrected chi connectivity index (χ0v) is 14.3. The predicted octanol–water partition coefficient (Wildman–Crippen LogP) is 3.98. The van der Waals surface area contributed by atoms with Crippen molar-refractivity contribution in [3.8, 4) is 11.5 Å². The minimum absolute atomic E-state index is 0.00789. The van der Waals surface area contributed by atoms with E-state index in [1.807, 2.05) is 18.9 Å². The third-order valence-electron chi connectivity index (χ3n) is 4.16. The molecule has 7 nitrogen and oxygen atoms in total. The van der Waals surface area contributed by atoms with E-state index in [0.717, 1.165) is 0 Å². The van der Waals surface area contributed by atoms with Gasteiger partial charge in [0.05, 0.1) is 11.0 Å². The zero-order chi connectivity index (χ0) is 18.7. The van der Waals surface area contributed by atoms with Crippen LogP contribution in [0.25, 0.3) is 11.5 Å². The van der Waals surface area contributed by atoms with Crippen LogP contribution in [0.3, 0.4) is 0 Å². The van der Waals surface area contributed by atoms with E-state index < -0.39 is 4.92 Å². The quantitative estimate of drug-likeness (QED) is 0.491. The highest BCUT2D eigenvalue weighted by Gasteiger charge is 2.20. The number of hydrogen-bond donors (Lipinski definition) is 0. The van der Waals surface area contributed by atoms with Crippen molar-refractivity contribution in [1.29, 1.82) is 0 Å². The van der Waals surface area contributed by atoms with Gasteiger partial charge in [-0.3, -0.25) is 15.0 Å².